The van der Waals surface area contributed by atoms with Gasteiger partial charge in [0.25, 0.3) is 5.69 Å². The van der Waals surface area contributed by atoms with Crippen LogP contribution in [0.3, 0.4) is 0 Å². The molecular formula is C19H21N3O7. The fourth-order valence-electron chi connectivity index (χ4n) is 2.83. The minimum Gasteiger partial charge on any atom is -0.488 e. The van der Waals surface area contributed by atoms with Gasteiger partial charge in [-0.2, -0.15) is 0 Å². The molecule has 1 atom stereocenters. The van der Waals surface area contributed by atoms with Crippen LogP contribution >= 0.6 is 0 Å². The average Bonchev–Trinajstić information content (AvgIpc) is 2.65. The average molecular weight is 403 g/mol. The molecule has 0 aliphatic carbocycles. The van der Waals surface area contributed by atoms with Crippen molar-refractivity contribution in [3.8, 4) is 5.75 Å². The van der Waals surface area contributed by atoms with E-state index in [4.69, 9.17) is 20.7 Å². The quantitative estimate of drug-likeness (QED) is 0.375. The number of rotatable bonds is 11. The number of benzene rings is 2. The number of nitro groups is 1. The van der Waals surface area contributed by atoms with E-state index in [2.05, 4.69) is 0 Å². The summed E-state index contributed by atoms with van der Waals surface area (Å²) in [6, 6.07) is 12.2. The Bertz CT molecular complexity index is 872. The normalized spacial score (nSPS) is 11.8. The Morgan fingerprint density at radius 3 is 2.28 bits per heavy atom. The minimum atomic E-state index is -1.17. The van der Waals surface area contributed by atoms with E-state index in [1.807, 2.05) is 0 Å². The molecule has 0 fully saturated rings. The molecular weight excluding hydrogens is 382 g/mol. The van der Waals surface area contributed by atoms with Crippen molar-refractivity contribution in [1.82, 2.24) is 4.90 Å². The van der Waals surface area contributed by atoms with E-state index >= 15 is 0 Å². The van der Waals surface area contributed by atoms with Crippen molar-refractivity contribution in [1.29, 1.82) is 0 Å². The van der Waals surface area contributed by atoms with Gasteiger partial charge in [-0.05, 0) is 12.1 Å². The summed E-state index contributed by atoms with van der Waals surface area (Å²) in [4.78, 5) is 33.8. The van der Waals surface area contributed by atoms with Crippen LogP contribution in [0.4, 0.5) is 5.69 Å². The van der Waals surface area contributed by atoms with E-state index < -0.39 is 36.0 Å². The number of ether oxygens (including phenoxy) is 1. The first-order chi connectivity index (χ1) is 13.8. The molecule has 154 valence electrons. The number of nitrogens with zero attached hydrogens (tertiary/aromatic N) is 2. The van der Waals surface area contributed by atoms with E-state index in [-0.39, 0.29) is 18.8 Å². The number of hydrogen-bond acceptors (Lipinski definition) is 7. The predicted octanol–water partition coefficient (Wildman–Crippen LogP) is 1.64. The molecule has 0 bridgehead atoms. The molecule has 0 spiro atoms. The zero-order valence-electron chi connectivity index (χ0n) is 15.4. The van der Waals surface area contributed by atoms with Gasteiger partial charge in [0, 0.05) is 24.2 Å². The third-order valence-corrected chi connectivity index (χ3v) is 4.06. The Morgan fingerprint density at radius 1 is 1.07 bits per heavy atom. The first-order valence-electron chi connectivity index (χ1n) is 8.63. The monoisotopic (exact) mass is 403 g/mol. The zero-order chi connectivity index (χ0) is 21.4. The van der Waals surface area contributed by atoms with Crippen LogP contribution in [0, 0.1) is 10.1 Å². The maximum Gasteiger partial charge on any atom is 0.317 e. The van der Waals surface area contributed by atoms with Crippen LogP contribution < -0.4 is 10.5 Å². The van der Waals surface area contributed by atoms with Crippen LogP contribution in [0.5, 0.6) is 5.75 Å². The number of carbonyl (C=O) groups is 2. The summed E-state index contributed by atoms with van der Waals surface area (Å²) in [6.45, 7) is -1.03. The summed E-state index contributed by atoms with van der Waals surface area (Å²) in [5.74, 6) is -1.96. The lowest BCUT2D eigenvalue weighted by atomic mass is 10.1. The van der Waals surface area contributed by atoms with Crippen LogP contribution in [0.25, 0.3) is 0 Å². The molecule has 0 radical (unpaired) electrons. The summed E-state index contributed by atoms with van der Waals surface area (Å²) >= 11 is 0. The second kappa shape index (κ2) is 10.2. The maximum atomic E-state index is 11.1. The van der Waals surface area contributed by atoms with E-state index in [1.165, 1.54) is 11.0 Å². The van der Waals surface area contributed by atoms with Crippen molar-refractivity contribution < 1.29 is 29.5 Å². The minimum absolute atomic E-state index is 0.0234. The van der Waals surface area contributed by atoms with E-state index in [0.29, 0.717) is 16.9 Å². The highest BCUT2D eigenvalue weighted by Crippen LogP contribution is 2.27. The SMILES string of the molecule is NC(CN(CC(=O)O)CC(=O)O)c1ccccc1OCc1ccccc1[N+](=O)[O-]. The third-order valence-electron chi connectivity index (χ3n) is 4.06. The van der Waals surface area contributed by atoms with Gasteiger partial charge in [-0.3, -0.25) is 24.6 Å². The molecule has 2 aromatic carbocycles. The number of nitro benzene ring substituents is 1. The van der Waals surface area contributed by atoms with Gasteiger partial charge in [-0.25, -0.2) is 0 Å². The Labute approximate surface area is 166 Å². The van der Waals surface area contributed by atoms with E-state index in [1.54, 1.807) is 42.5 Å². The van der Waals surface area contributed by atoms with Crippen molar-refractivity contribution in [2.24, 2.45) is 5.73 Å². The smallest absolute Gasteiger partial charge is 0.317 e. The van der Waals surface area contributed by atoms with E-state index in [0.717, 1.165) is 0 Å². The molecule has 10 heteroatoms. The van der Waals surface area contributed by atoms with Gasteiger partial charge in [-0.15, -0.1) is 0 Å². The molecule has 0 saturated carbocycles. The van der Waals surface area contributed by atoms with E-state index in [9.17, 15) is 19.7 Å². The van der Waals surface area contributed by atoms with Crippen LogP contribution in [0.1, 0.15) is 17.2 Å². The van der Waals surface area contributed by atoms with Crippen LogP contribution in [0.2, 0.25) is 0 Å². The highest BCUT2D eigenvalue weighted by molar-refractivity contribution is 5.72. The van der Waals surface area contributed by atoms with Crippen molar-refractivity contribution in [3.05, 3.63) is 69.8 Å². The standard InChI is InChI=1S/C19H21N3O7/c20-15(9-21(10-18(23)24)11-19(25)26)14-6-2-4-8-17(14)29-12-13-5-1-3-7-16(13)22(27)28/h1-8,15H,9-12,20H2,(H,23,24)(H,25,26). The van der Waals surface area contributed by atoms with Gasteiger partial charge in [0.2, 0.25) is 0 Å². The largest absolute Gasteiger partial charge is 0.488 e. The lowest BCUT2D eigenvalue weighted by Gasteiger charge is -2.24. The summed E-state index contributed by atoms with van der Waals surface area (Å²) in [6.07, 6.45) is 0. The van der Waals surface area contributed by atoms with Gasteiger partial charge in [0.05, 0.1) is 23.6 Å². The first-order valence-corrected chi connectivity index (χ1v) is 8.63. The second-order valence-electron chi connectivity index (χ2n) is 6.28. The first kappa shape index (κ1) is 21.8. The van der Waals surface area contributed by atoms with Gasteiger partial charge in [-0.1, -0.05) is 30.3 Å². The van der Waals surface area contributed by atoms with Crippen LogP contribution in [-0.2, 0) is 16.2 Å². The Balaban J connectivity index is 2.16. The number of carboxylic acids is 2. The molecule has 2 rings (SSSR count). The molecule has 0 aromatic heterocycles. The number of hydrogen-bond donors (Lipinski definition) is 3. The van der Waals surface area contributed by atoms with Crippen molar-refractivity contribution in [2.45, 2.75) is 12.6 Å². The number of nitrogens with two attached hydrogens (primary N) is 1. The van der Waals surface area contributed by atoms with Gasteiger partial charge >= 0.3 is 11.9 Å². The van der Waals surface area contributed by atoms with Crippen LogP contribution in [0.15, 0.2) is 48.5 Å². The molecule has 1 unspecified atom stereocenters. The molecule has 29 heavy (non-hydrogen) atoms. The highest BCUT2D eigenvalue weighted by atomic mass is 16.6. The van der Waals surface area contributed by atoms with Crippen LogP contribution in [-0.4, -0.2) is 51.6 Å². The molecule has 0 heterocycles. The highest BCUT2D eigenvalue weighted by Gasteiger charge is 2.20. The Morgan fingerprint density at radius 2 is 1.66 bits per heavy atom. The van der Waals surface area contributed by atoms with Crippen molar-refractivity contribution in [3.63, 3.8) is 0 Å². The Kier molecular flexibility index (Phi) is 7.63. The van der Waals surface area contributed by atoms with Crippen molar-refractivity contribution in [2.75, 3.05) is 19.6 Å². The maximum absolute atomic E-state index is 11.1. The summed E-state index contributed by atoms with van der Waals surface area (Å²) < 4.78 is 5.74. The van der Waals surface area contributed by atoms with Crippen molar-refractivity contribution >= 4 is 17.6 Å². The zero-order valence-corrected chi connectivity index (χ0v) is 15.4. The lowest BCUT2D eigenvalue weighted by molar-refractivity contribution is -0.385. The molecule has 0 amide bonds. The number of para-hydroxylation sites is 2. The summed E-state index contributed by atoms with van der Waals surface area (Å²) in [5.41, 5.74) is 7.04. The van der Waals surface area contributed by atoms with Gasteiger partial charge in [0.15, 0.2) is 0 Å². The molecule has 0 saturated heterocycles. The van der Waals surface area contributed by atoms with Gasteiger partial charge < -0.3 is 20.7 Å². The second-order valence-corrected chi connectivity index (χ2v) is 6.28. The topological polar surface area (TPSA) is 156 Å². The lowest BCUT2D eigenvalue weighted by Crippen LogP contribution is -2.39. The molecule has 0 aliphatic heterocycles. The molecule has 0 aliphatic rings. The molecule has 2 aromatic rings. The fourth-order valence-corrected chi connectivity index (χ4v) is 2.83. The predicted molar refractivity (Wildman–Crippen MR) is 103 cm³/mol. The summed E-state index contributed by atoms with van der Waals surface area (Å²) in [5, 5.41) is 29.1. The molecule has 4 N–H and O–H groups in total. The Hall–Kier alpha value is -3.50. The fraction of sp³-hybridized carbons (Fsp3) is 0.263. The molecule has 10 nitrogen and oxygen atoms in total. The number of carboxylic acid groups (broad SMARTS) is 2. The summed E-state index contributed by atoms with van der Waals surface area (Å²) in [7, 11) is 0. The van der Waals surface area contributed by atoms with Gasteiger partial charge in [0.1, 0.15) is 12.4 Å². The third kappa shape index (κ3) is 6.55. The number of aliphatic carboxylic acids is 2.